The summed E-state index contributed by atoms with van der Waals surface area (Å²) < 4.78 is 20.0. The molecule has 0 spiro atoms. The van der Waals surface area contributed by atoms with E-state index in [-0.39, 0.29) is 5.82 Å². The fraction of sp³-hybridized carbons (Fsp3) is 0.250. The molecule has 0 atom stereocenters. The summed E-state index contributed by atoms with van der Waals surface area (Å²) in [6.07, 6.45) is 0. The lowest BCUT2D eigenvalue weighted by molar-refractivity contribution is 0.300. The lowest BCUT2D eigenvalue weighted by Gasteiger charge is -2.15. The summed E-state index contributed by atoms with van der Waals surface area (Å²) in [6.45, 7) is 3.00. The lowest BCUT2D eigenvalue weighted by atomic mass is 10.1. The molecule has 0 saturated carbocycles. The number of halogens is 3. The Hall–Kier alpha value is -1.10. The molecular formula is C16H16BrClFNO. The SMILES string of the molecule is CNCc1cc(Br)cc(C)c1OCc1ccc(F)cc1Cl. The quantitative estimate of drug-likeness (QED) is 0.810. The molecule has 0 radical (unpaired) electrons. The number of nitrogens with one attached hydrogen (secondary N) is 1. The second-order valence-corrected chi connectivity index (χ2v) is 6.09. The van der Waals surface area contributed by atoms with Crippen molar-refractivity contribution in [2.75, 3.05) is 7.05 Å². The van der Waals surface area contributed by atoms with Gasteiger partial charge in [-0.05, 0) is 43.8 Å². The van der Waals surface area contributed by atoms with E-state index in [4.69, 9.17) is 16.3 Å². The predicted octanol–water partition coefficient (Wildman–Crippen LogP) is 4.85. The molecule has 5 heteroatoms. The molecule has 2 rings (SSSR count). The van der Waals surface area contributed by atoms with Crippen molar-refractivity contribution in [3.05, 3.63) is 62.3 Å². The van der Waals surface area contributed by atoms with Gasteiger partial charge < -0.3 is 10.1 Å². The van der Waals surface area contributed by atoms with E-state index in [1.807, 2.05) is 26.1 Å². The summed E-state index contributed by atoms with van der Waals surface area (Å²) >= 11 is 9.51. The van der Waals surface area contributed by atoms with E-state index in [0.717, 1.165) is 26.9 Å². The Kier molecular flexibility index (Phi) is 5.62. The molecule has 0 bridgehead atoms. The van der Waals surface area contributed by atoms with Crippen molar-refractivity contribution in [1.82, 2.24) is 5.32 Å². The second kappa shape index (κ2) is 7.25. The van der Waals surface area contributed by atoms with Gasteiger partial charge in [0.1, 0.15) is 18.2 Å². The second-order valence-electron chi connectivity index (χ2n) is 4.77. The minimum Gasteiger partial charge on any atom is -0.488 e. The van der Waals surface area contributed by atoms with Crippen LogP contribution in [0.25, 0.3) is 0 Å². The lowest BCUT2D eigenvalue weighted by Crippen LogP contribution is -2.09. The zero-order chi connectivity index (χ0) is 15.4. The Labute approximate surface area is 137 Å². The van der Waals surface area contributed by atoms with Crippen LogP contribution in [0, 0.1) is 12.7 Å². The molecule has 2 aromatic rings. The van der Waals surface area contributed by atoms with Crippen molar-refractivity contribution in [1.29, 1.82) is 0 Å². The monoisotopic (exact) mass is 371 g/mol. The topological polar surface area (TPSA) is 21.3 Å². The van der Waals surface area contributed by atoms with E-state index in [9.17, 15) is 4.39 Å². The van der Waals surface area contributed by atoms with Crippen LogP contribution >= 0.6 is 27.5 Å². The van der Waals surface area contributed by atoms with Crippen LogP contribution in [0.4, 0.5) is 4.39 Å². The number of ether oxygens (including phenoxy) is 1. The zero-order valence-corrected chi connectivity index (χ0v) is 14.2. The van der Waals surface area contributed by atoms with Crippen LogP contribution in [0.15, 0.2) is 34.8 Å². The van der Waals surface area contributed by atoms with Crippen LogP contribution < -0.4 is 10.1 Å². The average molecular weight is 373 g/mol. The van der Waals surface area contributed by atoms with Crippen LogP contribution in [0.5, 0.6) is 5.75 Å². The minimum atomic E-state index is -0.348. The van der Waals surface area contributed by atoms with Gasteiger partial charge in [0.25, 0.3) is 0 Å². The molecule has 0 saturated heterocycles. The van der Waals surface area contributed by atoms with E-state index in [1.54, 1.807) is 6.07 Å². The fourth-order valence-corrected chi connectivity index (χ4v) is 2.96. The normalized spacial score (nSPS) is 10.7. The van der Waals surface area contributed by atoms with Gasteiger partial charge in [0.2, 0.25) is 0 Å². The Morgan fingerprint density at radius 3 is 2.67 bits per heavy atom. The summed E-state index contributed by atoms with van der Waals surface area (Å²) in [6, 6.07) is 8.34. The molecule has 0 aliphatic rings. The van der Waals surface area contributed by atoms with E-state index in [1.165, 1.54) is 12.1 Å². The highest BCUT2D eigenvalue weighted by atomic mass is 79.9. The molecule has 0 aliphatic heterocycles. The summed E-state index contributed by atoms with van der Waals surface area (Å²) in [5.41, 5.74) is 2.85. The van der Waals surface area contributed by atoms with Crippen LogP contribution in [-0.4, -0.2) is 7.05 Å². The Bertz CT molecular complexity index is 648. The fourth-order valence-electron chi connectivity index (χ4n) is 2.12. The molecule has 2 nitrogen and oxygen atoms in total. The first-order valence-electron chi connectivity index (χ1n) is 6.51. The highest BCUT2D eigenvalue weighted by Crippen LogP contribution is 2.29. The van der Waals surface area contributed by atoms with Gasteiger partial charge in [0, 0.05) is 22.1 Å². The van der Waals surface area contributed by atoms with E-state index in [2.05, 4.69) is 21.2 Å². The maximum Gasteiger partial charge on any atom is 0.127 e. The summed E-state index contributed by atoms with van der Waals surface area (Å²) in [4.78, 5) is 0. The molecule has 21 heavy (non-hydrogen) atoms. The molecule has 2 aromatic carbocycles. The molecule has 0 amide bonds. The van der Waals surface area contributed by atoms with Crippen molar-refractivity contribution < 1.29 is 9.13 Å². The molecule has 0 fully saturated rings. The standard InChI is InChI=1S/C16H16BrClFNO/c1-10-5-13(17)6-12(8-20-2)16(10)21-9-11-3-4-14(19)7-15(11)18/h3-7,20H,8-9H2,1-2H3. The molecule has 0 aromatic heterocycles. The molecule has 0 heterocycles. The predicted molar refractivity (Wildman–Crippen MR) is 87.4 cm³/mol. The first-order valence-corrected chi connectivity index (χ1v) is 7.68. The van der Waals surface area contributed by atoms with Crippen molar-refractivity contribution in [3.63, 3.8) is 0 Å². The third kappa shape index (κ3) is 4.19. The Morgan fingerprint density at radius 2 is 2.00 bits per heavy atom. The summed E-state index contributed by atoms with van der Waals surface area (Å²) in [5, 5.41) is 3.49. The van der Waals surface area contributed by atoms with Gasteiger partial charge in [0.05, 0.1) is 5.02 Å². The zero-order valence-electron chi connectivity index (χ0n) is 11.8. The Balaban J connectivity index is 2.23. The van der Waals surface area contributed by atoms with Gasteiger partial charge >= 0.3 is 0 Å². The highest BCUT2D eigenvalue weighted by Gasteiger charge is 2.10. The van der Waals surface area contributed by atoms with Crippen molar-refractivity contribution in [2.24, 2.45) is 0 Å². The first kappa shape index (κ1) is 16.3. The third-order valence-electron chi connectivity index (χ3n) is 3.07. The van der Waals surface area contributed by atoms with Crippen LogP contribution in [0.3, 0.4) is 0 Å². The Morgan fingerprint density at radius 1 is 1.24 bits per heavy atom. The number of hydrogen-bond donors (Lipinski definition) is 1. The molecular weight excluding hydrogens is 357 g/mol. The van der Waals surface area contributed by atoms with Gasteiger partial charge in [-0.3, -0.25) is 0 Å². The van der Waals surface area contributed by atoms with Crippen molar-refractivity contribution >= 4 is 27.5 Å². The summed E-state index contributed by atoms with van der Waals surface area (Å²) in [5.74, 6) is 0.479. The summed E-state index contributed by atoms with van der Waals surface area (Å²) in [7, 11) is 1.89. The number of hydrogen-bond acceptors (Lipinski definition) is 2. The van der Waals surface area contributed by atoms with Gasteiger partial charge in [-0.1, -0.05) is 33.6 Å². The molecule has 1 N–H and O–H groups in total. The number of aryl methyl sites for hydroxylation is 1. The van der Waals surface area contributed by atoms with Crippen molar-refractivity contribution in [2.45, 2.75) is 20.1 Å². The van der Waals surface area contributed by atoms with Crippen LogP contribution in [0.2, 0.25) is 5.02 Å². The minimum absolute atomic E-state index is 0.304. The van der Waals surface area contributed by atoms with Crippen LogP contribution in [0.1, 0.15) is 16.7 Å². The molecule has 0 aliphatic carbocycles. The van der Waals surface area contributed by atoms with Gasteiger partial charge in [0.15, 0.2) is 0 Å². The average Bonchev–Trinajstić information content (AvgIpc) is 2.40. The maximum atomic E-state index is 13.0. The van der Waals surface area contributed by atoms with Gasteiger partial charge in [-0.2, -0.15) is 0 Å². The van der Waals surface area contributed by atoms with E-state index < -0.39 is 0 Å². The smallest absolute Gasteiger partial charge is 0.127 e. The van der Waals surface area contributed by atoms with Gasteiger partial charge in [-0.15, -0.1) is 0 Å². The maximum absolute atomic E-state index is 13.0. The van der Waals surface area contributed by atoms with Gasteiger partial charge in [-0.25, -0.2) is 4.39 Å². The first-order chi connectivity index (χ1) is 10.0. The van der Waals surface area contributed by atoms with E-state index >= 15 is 0 Å². The third-order valence-corrected chi connectivity index (χ3v) is 3.88. The largest absolute Gasteiger partial charge is 0.488 e. The molecule has 112 valence electrons. The number of benzene rings is 2. The number of rotatable bonds is 5. The highest BCUT2D eigenvalue weighted by molar-refractivity contribution is 9.10. The van der Waals surface area contributed by atoms with Crippen molar-refractivity contribution in [3.8, 4) is 5.75 Å². The van der Waals surface area contributed by atoms with E-state index in [0.29, 0.717) is 18.2 Å². The molecule has 0 unspecified atom stereocenters. The van der Waals surface area contributed by atoms with Crippen LogP contribution in [-0.2, 0) is 13.2 Å².